The number of likely N-dealkylation sites (tertiary alicyclic amines) is 1. The van der Waals surface area contributed by atoms with E-state index >= 15 is 0 Å². The fraction of sp³-hybridized carbons (Fsp3) is 0.650. The van der Waals surface area contributed by atoms with Crippen LogP contribution in [0.5, 0.6) is 0 Å². The maximum Gasteiger partial charge on any atom is 0.416 e. The number of halogens is 3. The van der Waals surface area contributed by atoms with E-state index in [2.05, 4.69) is 17.1 Å². The summed E-state index contributed by atoms with van der Waals surface area (Å²) in [4.78, 5) is 15.5. The summed E-state index contributed by atoms with van der Waals surface area (Å²) < 4.78 is 44.9. The third-order valence-electron chi connectivity index (χ3n) is 5.93. The molecule has 7 heteroatoms. The SMILES string of the molecule is CCN1CCC[C@@H]1CNC(=O)C1(c2cccc(C(F)(F)F)c2)CCOCC1. The molecule has 2 heterocycles. The fourth-order valence-corrected chi connectivity index (χ4v) is 4.28. The van der Waals surface area contributed by atoms with Gasteiger partial charge in [-0.3, -0.25) is 9.69 Å². The van der Waals surface area contributed by atoms with Crippen LogP contribution < -0.4 is 5.32 Å². The van der Waals surface area contributed by atoms with Crippen LogP contribution in [0.25, 0.3) is 0 Å². The molecule has 150 valence electrons. The van der Waals surface area contributed by atoms with E-state index in [1.54, 1.807) is 6.07 Å². The maximum atomic E-state index is 13.2. The first-order chi connectivity index (χ1) is 12.9. The molecule has 1 amide bonds. The molecule has 1 aromatic rings. The summed E-state index contributed by atoms with van der Waals surface area (Å²) in [5.74, 6) is -0.187. The van der Waals surface area contributed by atoms with E-state index in [-0.39, 0.29) is 5.91 Å². The number of benzene rings is 1. The van der Waals surface area contributed by atoms with E-state index in [1.165, 1.54) is 6.07 Å². The lowest BCUT2D eigenvalue weighted by Crippen LogP contribution is -2.51. The number of nitrogens with zero attached hydrogens (tertiary/aromatic N) is 1. The summed E-state index contributed by atoms with van der Waals surface area (Å²) in [5, 5.41) is 3.04. The van der Waals surface area contributed by atoms with Gasteiger partial charge >= 0.3 is 6.18 Å². The van der Waals surface area contributed by atoms with E-state index in [9.17, 15) is 18.0 Å². The number of amides is 1. The Morgan fingerprint density at radius 3 is 2.74 bits per heavy atom. The molecule has 1 N–H and O–H groups in total. The lowest BCUT2D eigenvalue weighted by atomic mass is 9.73. The van der Waals surface area contributed by atoms with Gasteiger partial charge in [-0.25, -0.2) is 0 Å². The van der Waals surface area contributed by atoms with Gasteiger partial charge in [0.1, 0.15) is 0 Å². The topological polar surface area (TPSA) is 41.6 Å². The number of carbonyl (C=O) groups excluding carboxylic acids is 1. The maximum absolute atomic E-state index is 13.2. The first kappa shape index (κ1) is 20.1. The van der Waals surface area contributed by atoms with Crippen molar-refractivity contribution in [2.24, 2.45) is 0 Å². The van der Waals surface area contributed by atoms with Crippen LogP contribution in [-0.4, -0.2) is 49.7 Å². The number of hydrogen-bond acceptors (Lipinski definition) is 3. The number of carbonyl (C=O) groups is 1. The minimum absolute atomic E-state index is 0.187. The van der Waals surface area contributed by atoms with Crippen LogP contribution in [0, 0.1) is 0 Å². The lowest BCUT2D eigenvalue weighted by molar-refractivity contribution is -0.138. The summed E-state index contributed by atoms with van der Waals surface area (Å²) in [6, 6.07) is 5.49. The molecule has 2 aliphatic heterocycles. The molecule has 0 aromatic heterocycles. The number of likely N-dealkylation sites (N-methyl/N-ethyl adjacent to an activating group) is 1. The van der Waals surface area contributed by atoms with E-state index < -0.39 is 17.2 Å². The van der Waals surface area contributed by atoms with Crippen molar-refractivity contribution in [1.82, 2.24) is 10.2 Å². The molecule has 1 aromatic carbocycles. The Hall–Kier alpha value is -1.60. The molecule has 0 saturated carbocycles. The van der Waals surface area contributed by atoms with Gasteiger partial charge in [-0.1, -0.05) is 25.1 Å². The van der Waals surface area contributed by atoms with Gasteiger partial charge < -0.3 is 10.1 Å². The van der Waals surface area contributed by atoms with Gasteiger partial charge in [0, 0.05) is 25.8 Å². The van der Waals surface area contributed by atoms with Gasteiger partial charge in [0.25, 0.3) is 0 Å². The number of rotatable bonds is 5. The third kappa shape index (κ3) is 4.29. The monoisotopic (exact) mass is 384 g/mol. The van der Waals surface area contributed by atoms with Gasteiger partial charge in [0.15, 0.2) is 0 Å². The molecule has 0 unspecified atom stereocenters. The lowest BCUT2D eigenvalue weighted by Gasteiger charge is -2.37. The standard InChI is InChI=1S/C20H27F3N2O2/c1-2-25-10-4-7-17(25)14-24-18(26)19(8-11-27-12-9-19)15-5-3-6-16(13-15)20(21,22)23/h3,5-6,13,17H,2,4,7-12,14H2,1H3,(H,24,26)/t17-/m1/s1. The van der Waals surface area contributed by atoms with Gasteiger partial charge in [-0.15, -0.1) is 0 Å². The molecule has 2 fully saturated rings. The summed E-state index contributed by atoms with van der Waals surface area (Å²) >= 11 is 0. The van der Waals surface area contributed by atoms with E-state index in [4.69, 9.17) is 4.74 Å². The van der Waals surface area contributed by atoms with Crippen molar-refractivity contribution in [2.75, 3.05) is 32.8 Å². The third-order valence-corrected chi connectivity index (χ3v) is 5.93. The Balaban J connectivity index is 1.81. The average Bonchev–Trinajstić information content (AvgIpc) is 3.13. The second-order valence-electron chi connectivity index (χ2n) is 7.41. The van der Waals surface area contributed by atoms with E-state index in [1.807, 2.05) is 0 Å². The van der Waals surface area contributed by atoms with Gasteiger partial charge in [-0.05, 0) is 50.4 Å². The first-order valence-electron chi connectivity index (χ1n) is 9.64. The Morgan fingerprint density at radius 1 is 1.33 bits per heavy atom. The number of alkyl halides is 3. The zero-order chi connectivity index (χ0) is 19.5. The summed E-state index contributed by atoms with van der Waals surface area (Å²) in [5.41, 5.74) is -1.25. The van der Waals surface area contributed by atoms with Crippen LogP contribution in [0.1, 0.15) is 43.7 Å². The highest BCUT2D eigenvalue weighted by atomic mass is 19.4. The summed E-state index contributed by atoms with van der Waals surface area (Å²) in [6.07, 6.45) is -1.50. The van der Waals surface area contributed by atoms with Crippen LogP contribution in [0.15, 0.2) is 24.3 Å². The van der Waals surface area contributed by atoms with Crippen molar-refractivity contribution in [1.29, 1.82) is 0 Å². The number of ether oxygens (including phenoxy) is 1. The second-order valence-corrected chi connectivity index (χ2v) is 7.41. The van der Waals surface area contributed by atoms with Crippen LogP contribution in [-0.2, 0) is 21.1 Å². The van der Waals surface area contributed by atoms with Crippen molar-refractivity contribution < 1.29 is 22.7 Å². The Morgan fingerprint density at radius 2 is 2.07 bits per heavy atom. The van der Waals surface area contributed by atoms with Gasteiger partial charge in [0.05, 0.1) is 11.0 Å². The molecular formula is C20H27F3N2O2. The minimum atomic E-state index is -4.43. The highest BCUT2D eigenvalue weighted by molar-refractivity contribution is 5.88. The predicted octanol–water partition coefficient (Wildman–Crippen LogP) is 3.35. The fourth-order valence-electron chi connectivity index (χ4n) is 4.28. The quantitative estimate of drug-likeness (QED) is 0.847. The van der Waals surface area contributed by atoms with Crippen molar-refractivity contribution >= 4 is 5.91 Å². The highest BCUT2D eigenvalue weighted by Crippen LogP contribution is 2.38. The smallest absolute Gasteiger partial charge is 0.381 e. The largest absolute Gasteiger partial charge is 0.416 e. The molecule has 27 heavy (non-hydrogen) atoms. The average molecular weight is 384 g/mol. The van der Waals surface area contributed by atoms with Crippen molar-refractivity contribution in [2.45, 2.75) is 50.2 Å². The van der Waals surface area contributed by atoms with Crippen molar-refractivity contribution in [3.63, 3.8) is 0 Å². The molecule has 0 bridgehead atoms. The predicted molar refractivity (Wildman–Crippen MR) is 96.5 cm³/mol. The van der Waals surface area contributed by atoms with Crippen LogP contribution in [0.4, 0.5) is 13.2 Å². The molecule has 1 atom stereocenters. The molecule has 0 aliphatic carbocycles. The Labute approximate surface area is 158 Å². The molecule has 2 aliphatic rings. The van der Waals surface area contributed by atoms with Crippen LogP contribution in [0.3, 0.4) is 0 Å². The molecule has 0 radical (unpaired) electrons. The van der Waals surface area contributed by atoms with Crippen LogP contribution >= 0.6 is 0 Å². The highest BCUT2D eigenvalue weighted by Gasteiger charge is 2.43. The van der Waals surface area contributed by atoms with E-state index in [0.717, 1.165) is 38.1 Å². The zero-order valence-electron chi connectivity index (χ0n) is 15.6. The van der Waals surface area contributed by atoms with Crippen molar-refractivity contribution in [3.8, 4) is 0 Å². The van der Waals surface area contributed by atoms with Gasteiger partial charge in [0.2, 0.25) is 5.91 Å². The molecule has 3 rings (SSSR count). The molecule has 0 spiro atoms. The minimum Gasteiger partial charge on any atom is -0.381 e. The van der Waals surface area contributed by atoms with E-state index in [0.29, 0.717) is 44.2 Å². The molecule has 2 saturated heterocycles. The van der Waals surface area contributed by atoms with Crippen molar-refractivity contribution in [3.05, 3.63) is 35.4 Å². The number of hydrogen-bond donors (Lipinski definition) is 1. The summed E-state index contributed by atoms with van der Waals surface area (Å²) in [6.45, 7) is 5.34. The van der Waals surface area contributed by atoms with Gasteiger partial charge in [-0.2, -0.15) is 13.2 Å². The Bertz CT molecular complexity index is 657. The first-order valence-corrected chi connectivity index (χ1v) is 9.64. The zero-order valence-corrected chi connectivity index (χ0v) is 15.6. The number of nitrogens with one attached hydrogen (secondary N) is 1. The second kappa shape index (κ2) is 8.19. The molecular weight excluding hydrogens is 357 g/mol. The Kier molecular flexibility index (Phi) is 6.11. The molecule has 4 nitrogen and oxygen atoms in total. The van der Waals surface area contributed by atoms with Crippen LogP contribution in [0.2, 0.25) is 0 Å². The summed E-state index contributed by atoms with van der Waals surface area (Å²) in [7, 11) is 0. The normalized spacial score (nSPS) is 23.3.